The maximum atomic E-state index is 12.5. The third-order valence-electron chi connectivity index (χ3n) is 4.03. The first kappa shape index (κ1) is 14.4. The fraction of sp³-hybridized carbons (Fsp3) is 0.500. The van der Waals surface area contributed by atoms with E-state index in [9.17, 15) is 9.59 Å². The van der Waals surface area contributed by atoms with Crippen LogP contribution in [0.4, 0.5) is 5.69 Å². The lowest BCUT2D eigenvalue weighted by Crippen LogP contribution is -2.45. The molecule has 2 amide bonds. The summed E-state index contributed by atoms with van der Waals surface area (Å²) in [4.78, 5) is 26.5. The fourth-order valence-corrected chi connectivity index (χ4v) is 3.78. The van der Waals surface area contributed by atoms with E-state index >= 15 is 0 Å². The van der Waals surface area contributed by atoms with Crippen molar-refractivity contribution in [3.05, 3.63) is 29.3 Å². The lowest BCUT2D eigenvalue weighted by atomic mass is 10.1. The lowest BCUT2D eigenvalue weighted by Gasteiger charge is -2.23. The number of carbonyl (C=O) groups is 2. The number of nitrogens with zero attached hydrogens (tertiary/aromatic N) is 1. The summed E-state index contributed by atoms with van der Waals surface area (Å²) in [5.41, 5.74) is 3.06. The second-order valence-electron chi connectivity index (χ2n) is 5.91. The summed E-state index contributed by atoms with van der Waals surface area (Å²) in [7, 11) is 0. The van der Waals surface area contributed by atoms with Gasteiger partial charge in [0.15, 0.2) is 0 Å². The highest BCUT2D eigenvalue weighted by Crippen LogP contribution is 2.34. The highest BCUT2D eigenvalue weighted by Gasteiger charge is 2.41. The van der Waals surface area contributed by atoms with E-state index in [1.807, 2.05) is 32.0 Å². The molecule has 0 unspecified atom stereocenters. The fourth-order valence-electron chi connectivity index (χ4n) is 2.61. The van der Waals surface area contributed by atoms with Crippen molar-refractivity contribution in [3.63, 3.8) is 0 Å². The van der Waals surface area contributed by atoms with E-state index in [2.05, 4.69) is 5.32 Å². The van der Waals surface area contributed by atoms with Crippen LogP contribution in [0.3, 0.4) is 0 Å². The van der Waals surface area contributed by atoms with Crippen molar-refractivity contribution < 1.29 is 9.59 Å². The average molecular weight is 304 g/mol. The van der Waals surface area contributed by atoms with Gasteiger partial charge >= 0.3 is 0 Å². The molecule has 5 heteroatoms. The molecule has 0 spiro atoms. The number of hydrogen-bond acceptors (Lipinski definition) is 3. The first-order chi connectivity index (χ1) is 10.1. The molecule has 3 rings (SSSR count). The highest BCUT2D eigenvalue weighted by molar-refractivity contribution is 7.99. The van der Waals surface area contributed by atoms with Gasteiger partial charge in [-0.1, -0.05) is 17.7 Å². The molecule has 0 radical (unpaired) electrons. The van der Waals surface area contributed by atoms with E-state index in [0.717, 1.165) is 24.1 Å². The summed E-state index contributed by atoms with van der Waals surface area (Å²) >= 11 is 1.65. The summed E-state index contributed by atoms with van der Waals surface area (Å²) in [6, 6.07) is 5.63. The van der Waals surface area contributed by atoms with Crippen LogP contribution in [-0.2, 0) is 9.59 Å². The van der Waals surface area contributed by atoms with Gasteiger partial charge in [0.05, 0.1) is 5.88 Å². The van der Waals surface area contributed by atoms with E-state index in [0.29, 0.717) is 11.6 Å². The van der Waals surface area contributed by atoms with Gasteiger partial charge in [-0.05, 0) is 38.3 Å². The molecule has 1 saturated heterocycles. The maximum absolute atomic E-state index is 12.5. The summed E-state index contributed by atoms with van der Waals surface area (Å²) in [5.74, 6) is 1.58. The van der Waals surface area contributed by atoms with Gasteiger partial charge < -0.3 is 10.2 Å². The Labute approximate surface area is 129 Å². The van der Waals surface area contributed by atoms with Crippen molar-refractivity contribution in [2.24, 2.45) is 5.92 Å². The van der Waals surface area contributed by atoms with Gasteiger partial charge in [-0.3, -0.25) is 9.59 Å². The zero-order chi connectivity index (χ0) is 15.0. The topological polar surface area (TPSA) is 49.4 Å². The number of benzene rings is 1. The summed E-state index contributed by atoms with van der Waals surface area (Å²) in [5, 5.41) is 2.98. The van der Waals surface area contributed by atoms with Crippen LogP contribution in [0.5, 0.6) is 0 Å². The monoisotopic (exact) mass is 304 g/mol. The number of carbonyl (C=O) groups excluding carboxylic acids is 2. The van der Waals surface area contributed by atoms with Crippen molar-refractivity contribution >= 4 is 29.3 Å². The van der Waals surface area contributed by atoms with Crippen LogP contribution < -0.4 is 5.32 Å². The second-order valence-corrected chi connectivity index (χ2v) is 6.91. The zero-order valence-electron chi connectivity index (χ0n) is 12.4. The van der Waals surface area contributed by atoms with Gasteiger partial charge in [0.1, 0.15) is 6.04 Å². The van der Waals surface area contributed by atoms with Crippen LogP contribution >= 0.6 is 11.8 Å². The lowest BCUT2D eigenvalue weighted by molar-refractivity contribution is -0.137. The van der Waals surface area contributed by atoms with Crippen LogP contribution in [0.1, 0.15) is 24.0 Å². The normalized spacial score (nSPS) is 21.4. The Morgan fingerprint density at radius 2 is 2.05 bits per heavy atom. The molecule has 2 fully saturated rings. The standard InChI is InChI=1S/C16H20N2O2S/c1-10-3-6-13(11(2)7-10)17-15(19)14-8-21-9-18(14)16(20)12-4-5-12/h3,6-7,12,14H,4-5,8-9H2,1-2H3,(H,17,19)/t14-/m0/s1. The molecule has 21 heavy (non-hydrogen) atoms. The Kier molecular flexibility index (Phi) is 3.93. The number of hydrogen-bond donors (Lipinski definition) is 1. The third kappa shape index (κ3) is 3.07. The van der Waals surface area contributed by atoms with Crippen LogP contribution in [-0.4, -0.2) is 34.4 Å². The molecular weight excluding hydrogens is 284 g/mol. The van der Waals surface area contributed by atoms with Crippen LogP contribution in [0.2, 0.25) is 0 Å². The third-order valence-corrected chi connectivity index (χ3v) is 5.05. The summed E-state index contributed by atoms with van der Waals surface area (Å²) < 4.78 is 0. The van der Waals surface area contributed by atoms with Gasteiger partial charge in [-0.2, -0.15) is 0 Å². The predicted octanol–water partition coefficient (Wildman–Crippen LogP) is 2.55. The van der Waals surface area contributed by atoms with Crippen LogP contribution in [0, 0.1) is 19.8 Å². The Bertz CT molecular complexity index is 584. The van der Waals surface area contributed by atoms with E-state index in [1.165, 1.54) is 5.56 Å². The van der Waals surface area contributed by atoms with Crippen molar-refractivity contribution in [3.8, 4) is 0 Å². The molecular formula is C16H20N2O2S. The molecule has 1 N–H and O–H groups in total. The van der Waals surface area contributed by atoms with Crippen molar-refractivity contribution in [1.29, 1.82) is 0 Å². The number of anilines is 1. The number of aryl methyl sites for hydroxylation is 2. The molecule has 1 aliphatic heterocycles. The molecule has 1 aliphatic carbocycles. The number of amides is 2. The molecule has 1 saturated carbocycles. The van der Waals surface area contributed by atoms with E-state index in [4.69, 9.17) is 0 Å². The molecule has 0 aromatic heterocycles. The molecule has 1 atom stereocenters. The Hall–Kier alpha value is -1.49. The maximum Gasteiger partial charge on any atom is 0.248 e. The minimum atomic E-state index is -0.330. The van der Waals surface area contributed by atoms with Crippen molar-refractivity contribution in [2.45, 2.75) is 32.7 Å². The average Bonchev–Trinajstić information content (AvgIpc) is 3.18. The Balaban J connectivity index is 1.70. The van der Waals surface area contributed by atoms with Crippen LogP contribution in [0.15, 0.2) is 18.2 Å². The van der Waals surface area contributed by atoms with Crippen LogP contribution in [0.25, 0.3) is 0 Å². The van der Waals surface area contributed by atoms with Gasteiger partial charge in [0, 0.05) is 17.4 Å². The van der Waals surface area contributed by atoms with Crippen molar-refractivity contribution in [1.82, 2.24) is 4.90 Å². The van der Waals surface area contributed by atoms with Gasteiger partial charge in [0.2, 0.25) is 11.8 Å². The number of thioether (sulfide) groups is 1. The van der Waals surface area contributed by atoms with Crippen molar-refractivity contribution in [2.75, 3.05) is 16.9 Å². The van der Waals surface area contributed by atoms with E-state index in [-0.39, 0.29) is 23.8 Å². The van der Waals surface area contributed by atoms with E-state index < -0.39 is 0 Å². The molecule has 0 bridgehead atoms. The molecule has 4 nitrogen and oxygen atoms in total. The minimum absolute atomic E-state index is 0.0686. The first-order valence-corrected chi connectivity index (χ1v) is 8.48. The Morgan fingerprint density at radius 3 is 2.71 bits per heavy atom. The molecule has 1 aromatic carbocycles. The molecule has 1 heterocycles. The zero-order valence-corrected chi connectivity index (χ0v) is 13.2. The number of nitrogens with one attached hydrogen (secondary N) is 1. The minimum Gasteiger partial charge on any atom is -0.324 e. The van der Waals surface area contributed by atoms with Gasteiger partial charge in [-0.15, -0.1) is 11.8 Å². The smallest absolute Gasteiger partial charge is 0.248 e. The SMILES string of the molecule is Cc1ccc(NC(=O)[C@@H]2CSCN2C(=O)C2CC2)c(C)c1. The van der Waals surface area contributed by atoms with E-state index in [1.54, 1.807) is 16.7 Å². The summed E-state index contributed by atoms with van der Waals surface area (Å²) in [6.07, 6.45) is 1.96. The quantitative estimate of drug-likeness (QED) is 0.933. The number of rotatable bonds is 3. The first-order valence-electron chi connectivity index (χ1n) is 7.32. The predicted molar refractivity (Wildman–Crippen MR) is 85.2 cm³/mol. The highest BCUT2D eigenvalue weighted by atomic mass is 32.2. The second kappa shape index (κ2) is 5.72. The Morgan fingerprint density at radius 1 is 1.29 bits per heavy atom. The molecule has 112 valence electrons. The largest absolute Gasteiger partial charge is 0.324 e. The molecule has 1 aromatic rings. The molecule has 2 aliphatic rings. The van der Waals surface area contributed by atoms with Gasteiger partial charge in [0.25, 0.3) is 0 Å². The summed E-state index contributed by atoms with van der Waals surface area (Å²) in [6.45, 7) is 4.02. The van der Waals surface area contributed by atoms with Gasteiger partial charge in [-0.25, -0.2) is 0 Å².